The fourth-order valence-electron chi connectivity index (χ4n) is 3.55. The van der Waals surface area contributed by atoms with Gasteiger partial charge < -0.3 is 19.4 Å². The number of aromatic nitrogens is 2. The number of H-pyrrole nitrogens is 1. The number of rotatable bonds is 4. The first-order valence-corrected chi connectivity index (χ1v) is 8.67. The van der Waals surface area contributed by atoms with Crippen LogP contribution < -0.4 is 19.9 Å². The second-order valence-corrected chi connectivity index (χ2v) is 6.39. The van der Waals surface area contributed by atoms with Gasteiger partial charge in [-0.2, -0.15) is 0 Å². The summed E-state index contributed by atoms with van der Waals surface area (Å²) in [6.45, 7) is 1.52. The Bertz CT molecular complexity index is 1010. The summed E-state index contributed by atoms with van der Waals surface area (Å²) in [5.74, 6) is 1.73. The SMILES string of the molecule is COc1cc2nc(CN3CCCc4ccccc43)[nH]c(=O)c2cc1OC. The predicted molar refractivity (Wildman–Crippen MR) is 101 cm³/mol. The molecule has 6 nitrogen and oxygen atoms in total. The van der Waals surface area contributed by atoms with Gasteiger partial charge >= 0.3 is 0 Å². The molecular formula is C20H21N3O3. The number of anilines is 1. The molecule has 0 atom stereocenters. The van der Waals surface area contributed by atoms with Crippen LogP contribution in [-0.2, 0) is 13.0 Å². The fourth-order valence-corrected chi connectivity index (χ4v) is 3.55. The van der Waals surface area contributed by atoms with E-state index < -0.39 is 0 Å². The summed E-state index contributed by atoms with van der Waals surface area (Å²) in [7, 11) is 3.12. The molecule has 1 N–H and O–H groups in total. The third-order valence-corrected chi connectivity index (χ3v) is 4.81. The van der Waals surface area contributed by atoms with Crippen LogP contribution in [0.1, 0.15) is 17.8 Å². The van der Waals surface area contributed by atoms with Gasteiger partial charge in [0.25, 0.3) is 5.56 Å². The maximum atomic E-state index is 12.5. The first-order chi connectivity index (χ1) is 12.7. The molecule has 26 heavy (non-hydrogen) atoms. The molecule has 134 valence electrons. The number of aromatic amines is 1. The van der Waals surface area contributed by atoms with E-state index >= 15 is 0 Å². The molecule has 0 amide bonds. The minimum atomic E-state index is -0.170. The highest BCUT2D eigenvalue weighted by molar-refractivity contribution is 5.81. The number of aryl methyl sites for hydroxylation is 1. The highest BCUT2D eigenvalue weighted by Crippen LogP contribution is 2.31. The smallest absolute Gasteiger partial charge is 0.258 e. The van der Waals surface area contributed by atoms with Crippen LogP contribution in [0.4, 0.5) is 5.69 Å². The van der Waals surface area contributed by atoms with E-state index in [0.717, 1.165) is 19.4 Å². The first-order valence-electron chi connectivity index (χ1n) is 8.67. The molecule has 0 saturated carbocycles. The lowest BCUT2D eigenvalue weighted by Gasteiger charge is -2.30. The maximum Gasteiger partial charge on any atom is 0.258 e. The number of ether oxygens (including phenoxy) is 2. The van der Waals surface area contributed by atoms with Crippen molar-refractivity contribution >= 4 is 16.6 Å². The van der Waals surface area contributed by atoms with Gasteiger partial charge in [0.1, 0.15) is 5.82 Å². The summed E-state index contributed by atoms with van der Waals surface area (Å²) in [6.07, 6.45) is 2.19. The molecular weight excluding hydrogens is 330 g/mol. The Kier molecular flexibility index (Phi) is 4.24. The molecule has 6 heteroatoms. The number of nitrogens with one attached hydrogen (secondary N) is 1. The van der Waals surface area contributed by atoms with Crippen molar-refractivity contribution in [1.29, 1.82) is 0 Å². The predicted octanol–water partition coefficient (Wildman–Crippen LogP) is 2.89. The molecule has 0 unspecified atom stereocenters. The third kappa shape index (κ3) is 2.87. The van der Waals surface area contributed by atoms with E-state index in [9.17, 15) is 4.79 Å². The number of fused-ring (bicyclic) bond motifs is 2. The number of hydrogen-bond donors (Lipinski definition) is 1. The molecule has 1 aliphatic heterocycles. The Morgan fingerprint density at radius 1 is 1.15 bits per heavy atom. The Balaban J connectivity index is 1.73. The molecule has 2 aromatic carbocycles. The van der Waals surface area contributed by atoms with Crippen LogP contribution >= 0.6 is 0 Å². The molecule has 2 heterocycles. The van der Waals surface area contributed by atoms with E-state index in [2.05, 4.69) is 33.1 Å². The standard InChI is InChI=1S/C20H21N3O3/c1-25-17-10-14-15(11-18(17)26-2)21-19(22-20(14)24)12-23-9-5-7-13-6-3-4-8-16(13)23/h3-4,6,8,10-11H,5,7,9,12H2,1-2H3,(H,21,22,24). The average Bonchev–Trinajstić information content (AvgIpc) is 2.67. The van der Waals surface area contributed by atoms with Gasteiger partial charge in [-0.15, -0.1) is 0 Å². The first kappa shape index (κ1) is 16.4. The van der Waals surface area contributed by atoms with Crippen LogP contribution in [0, 0.1) is 0 Å². The van der Waals surface area contributed by atoms with Crippen LogP contribution in [0.15, 0.2) is 41.2 Å². The second kappa shape index (κ2) is 6.71. The van der Waals surface area contributed by atoms with E-state index in [0.29, 0.717) is 34.8 Å². The monoisotopic (exact) mass is 351 g/mol. The minimum Gasteiger partial charge on any atom is -0.493 e. The zero-order valence-electron chi connectivity index (χ0n) is 14.9. The van der Waals surface area contributed by atoms with Gasteiger partial charge in [-0.1, -0.05) is 18.2 Å². The fraction of sp³-hybridized carbons (Fsp3) is 0.300. The van der Waals surface area contributed by atoms with Gasteiger partial charge in [0.15, 0.2) is 11.5 Å². The van der Waals surface area contributed by atoms with Crippen molar-refractivity contribution in [1.82, 2.24) is 9.97 Å². The van der Waals surface area contributed by atoms with Crippen molar-refractivity contribution in [2.24, 2.45) is 0 Å². The van der Waals surface area contributed by atoms with Crippen molar-refractivity contribution in [3.63, 3.8) is 0 Å². The molecule has 0 radical (unpaired) electrons. The van der Waals surface area contributed by atoms with E-state index in [1.807, 2.05) is 6.07 Å². The normalized spacial score (nSPS) is 13.5. The summed E-state index contributed by atoms with van der Waals surface area (Å²) in [5.41, 5.74) is 2.99. The lowest BCUT2D eigenvalue weighted by molar-refractivity contribution is 0.355. The van der Waals surface area contributed by atoms with Gasteiger partial charge in [-0.05, 0) is 30.5 Å². The van der Waals surface area contributed by atoms with Crippen molar-refractivity contribution in [3.05, 3.63) is 58.1 Å². The topological polar surface area (TPSA) is 67.5 Å². The van der Waals surface area contributed by atoms with Crippen LogP contribution in [0.3, 0.4) is 0 Å². The van der Waals surface area contributed by atoms with E-state index in [1.54, 1.807) is 26.4 Å². The lowest BCUT2D eigenvalue weighted by Crippen LogP contribution is -2.30. The van der Waals surface area contributed by atoms with Gasteiger partial charge in [0.2, 0.25) is 0 Å². The van der Waals surface area contributed by atoms with Crippen molar-refractivity contribution in [2.45, 2.75) is 19.4 Å². The van der Waals surface area contributed by atoms with Crippen LogP contribution in [0.5, 0.6) is 11.5 Å². The second-order valence-electron chi connectivity index (χ2n) is 6.39. The maximum absolute atomic E-state index is 12.5. The van der Waals surface area contributed by atoms with Gasteiger partial charge in [0, 0.05) is 18.3 Å². The molecule has 0 spiro atoms. The Morgan fingerprint density at radius 3 is 2.73 bits per heavy atom. The highest BCUT2D eigenvalue weighted by Gasteiger charge is 2.18. The summed E-state index contributed by atoms with van der Waals surface area (Å²) in [4.78, 5) is 22.4. The number of nitrogens with zero attached hydrogens (tertiary/aromatic N) is 2. The molecule has 0 aliphatic carbocycles. The van der Waals surface area contributed by atoms with Crippen LogP contribution in [0.25, 0.3) is 10.9 Å². The van der Waals surface area contributed by atoms with Crippen LogP contribution in [0.2, 0.25) is 0 Å². The minimum absolute atomic E-state index is 0.170. The van der Waals surface area contributed by atoms with Gasteiger partial charge in [0.05, 0.1) is 31.7 Å². The molecule has 3 aromatic rings. The molecule has 0 fully saturated rings. The van der Waals surface area contributed by atoms with E-state index in [4.69, 9.17) is 9.47 Å². The summed E-state index contributed by atoms with van der Waals surface area (Å²) in [5, 5.41) is 0.491. The lowest BCUT2D eigenvalue weighted by atomic mass is 10.0. The quantitative estimate of drug-likeness (QED) is 0.783. The molecule has 0 saturated heterocycles. The highest BCUT2D eigenvalue weighted by atomic mass is 16.5. The van der Waals surface area contributed by atoms with Gasteiger partial charge in [-0.3, -0.25) is 4.79 Å². The summed E-state index contributed by atoms with van der Waals surface area (Å²) < 4.78 is 10.6. The van der Waals surface area contributed by atoms with E-state index in [-0.39, 0.29) is 5.56 Å². The number of para-hydroxylation sites is 1. The summed E-state index contributed by atoms with van der Waals surface area (Å²) in [6, 6.07) is 11.8. The van der Waals surface area contributed by atoms with Crippen molar-refractivity contribution in [2.75, 3.05) is 25.7 Å². The Labute approximate surface area is 151 Å². The number of benzene rings is 2. The average molecular weight is 351 g/mol. The third-order valence-electron chi connectivity index (χ3n) is 4.81. The van der Waals surface area contributed by atoms with Crippen LogP contribution in [-0.4, -0.2) is 30.7 Å². The summed E-state index contributed by atoms with van der Waals surface area (Å²) >= 11 is 0. The number of hydrogen-bond acceptors (Lipinski definition) is 5. The molecule has 1 aliphatic rings. The van der Waals surface area contributed by atoms with E-state index in [1.165, 1.54) is 11.3 Å². The largest absolute Gasteiger partial charge is 0.493 e. The Morgan fingerprint density at radius 2 is 1.92 bits per heavy atom. The van der Waals surface area contributed by atoms with Crippen molar-refractivity contribution in [3.8, 4) is 11.5 Å². The Hall–Kier alpha value is -3.02. The molecule has 1 aromatic heterocycles. The zero-order chi connectivity index (χ0) is 18.1. The van der Waals surface area contributed by atoms with Crippen molar-refractivity contribution < 1.29 is 9.47 Å². The van der Waals surface area contributed by atoms with Gasteiger partial charge in [-0.25, -0.2) is 4.98 Å². The molecule has 4 rings (SSSR count). The zero-order valence-corrected chi connectivity index (χ0v) is 14.9. The molecule has 0 bridgehead atoms. The number of methoxy groups -OCH3 is 2.